The van der Waals surface area contributed by atoms with Crippen molar-refractivity contribution in [2.24, 2.45) is 5.92 Å². The summed E-state index contributed by atoms with van der Waals surface area (Å²) < 4.78 is 93.6. The van der Waals surface area contributed by atoms with Crippen LogP contribution in [0.2, 0.25) is 0 Å². The number of alkyl halides is 6. The van der Waals surface area contributed by atoms with E-state index in [0.717, 1.165) is 0 Å². The Morgan fingerprint density at radius 2 is 1.60 bits per heavy atom. The van der Waals surface area contributed by atoms with Crippen LogP contribution in [-0.4, -0.2) is 64.0 Å². The number of carbonyl (C=O) groups is 2. The van der Waals surface area contributed by atoms with Crippen molar-refractivity contribution in [3.63, 3.8) is 0 Å². The third kappa shape index (κ3) is 8.78. The van der Waals surface area contributed by atoms with Gasteiger partial charge in [0.1, 0.15) is 5.60 Å². The molecule has 5 rings (SSSR count). The maximum Gasteiger partial charge on any atom is 0.416 e. The van der Waals surface area contributed by atoms with E-state index in [2.05, 4.69) is 20.3 Å². The number of nitrogens with one attached hydrogen (secondary N) is 1. The minimum Gasteiger partial charge on any atom is -0.481 e. The lowest BCUT2D eigenvalue weighted by atomic mass is 9.93. The number of methoxy groups -OCH3 is 1. The summed E-state index contributed by atoms with van der Waals surface area (Å²) in [6.45, 7) is 7.68. The second-order valence-corrected chi connectivity index (χ2v) is 13.8. The molecule has 0 spiro atoms. The van der Waals surface area contributed by atoms with Crippen molar-refractivity contribution in [3.8, 4) is 5.88 Å². The normalized spacial score (nSPS) is 18.5. The Hall–Kier alpha value is -4.83. The van der Waals surface area contributed by atoms with Gasteiger partial charge in [-0.25, -0.2) is 19.7 Å². The lowest BCUT2D eigenvalue weighted by Gasteiger charge is -2.40. The monoisotopic (exact) mass is 738 g/mol. The molecular weight excluding hydrogens is 698 g/mol. The zero-order chi connectivity index (χ0) is 38.2. The van der Waals surface area contributed by atoms with Crippen LogP contribution in [0, 0.1) is 5.92 Å². The van der Waals surface area contributed by atoms with Crippen LogP contribution in [0.25, 0.3) is 0 Å². The molecule has 1 amide bonds. The molecule has 3 aromatic rings. The zero-order valence-electron chi connectivity index (χ0n) is 29.2. The van der Waals surface area contributed by atoms with Gasteiger partial charge < -0.3 is 24.8 Å². The highest BCUT2D eigenvalue weighted by atomic mass is 19.4. The van der Waals surface area contributed by atoms with Gasteiger partial charge in [-0.15, -0.1) is 0 Å². The second-order valence-electron chi connectivity index (χ2n) is 13.8. The van der Waals surface area contributed by atoms with Gasteiger partial charge >= 0.3 is 24.4 Å². The van der Waals surface area contributed by atoms with Crippen molar-refractivity contribution in [1.29, 1.82) is 0 Å². The number of fused-ring (bicyclic) bond motifs is 1. The van der Waals surface area contributed by atoms with E-state index in [9.17, 15) is 41.0 Å². The number of halogens is 6. The number of hydrogen-bond acceptors (Lipinski definition) is 9. The van der Waals surface area contributed by atoms with Crippen LogP contribution in [0.1, 0.15) is 87.5 Å². The maximum absolute atomic E-state index is 13.8. The predicted octanol–water partition coefficient (Wildman–Crippen LogP) is 7.89. The molecule has 2 aliphatic rings. The quantitative estimate of drug-likeness (QED) is 0.220. The van der Waals surface area contributed by atoms with Crippen LogP contribution in [0.15, 0.2) is 36.5 Å². The molecule has 1 fully saturated rings. The Labute approximate surface area is 296 Å². The number of aliphatic carboxylic acids is 1. The number of pyridine rings is 1. The van der Waals surface area contributed by atoms with Gasteiger partial charge in [-0.2, -0.15) is 26.3 Å². The second kappa shape index (κ2) is 14.7. The molecule has 1 aromatic carbocycles. The van der Waals surface area contributed by atoms with Gasteiger partial charge in [0.15, 0.2) is 0 Å². The van der Waals surface area contributed by atoms with E-state index in [0.29, 0.717) is 42.0 Å². The Kier molecular flexibility index (Phi) is 10.8. The van der Waals surface area contributed by atoms with Gasteiger partial charge in [-0.1, -0.05) is 6.92 Å². The van der Waals surface area contributed by atoms with Crippen LogP contribution in [0.4, 0.5) is 48.5 Å². The van der Waals surface area contributed by atoms with E-state index in [-0.39, 0.29) is 61.1 Å². The molecule has 4 heterocycles. The van der Waals surface area contributed by atoms with Crippen molar-refractivity contribution in [2.45, 2.75) is 89.8 Å². The summed E-state index contributed by atoms with van der Waals surface area (Å²) in [5.74, 6) is -1.27. The first kappa shape index (κ1) is 38.4. The minimum absolute atomic E-state index is 0.0170. The minimum atomic E-state index is -5.04. The number of ether oxygens (including phenoxy) is 2. The summed E-state index contributed by atoms with van der Waals surface area (Å²) in [5, 5.41) is 12.7. The number of nitrogens with zero attached hydrogens (tertiary/aromatic N) is 5. The molecular formula is C35H40F6N6O5. The summed E-state index contributed by atoms with van der Waals surface area (Å²) in [5.41, 5.74) is -2.61. The summed E-state index contributed by atoms with van der Waals surface area (Å²) in [7, 11) is 1.44. The largest absolute Gasteiger partial charge is 0.481 e. The number of hydrogen-bond donors (Lipinski definition) is 2. The maximum atomic E-state index is 13.8. The number of carboxylic acids is 1. The highest BCUT2D eigenvalue weighted by Gasteiger charge is 2.40. The van der Waals surface area contributed by atoms with Gasteiger partial charge in [0.25, 0.3) is 0 Å². The van der Waals surface area contributed by atoms with Gasteiger partial charge in [-0.05, 0) is 76.3 Å². The van der Waals surface area contributed by atoms with Crippen LogP contribution in [0.5, 0.6) is 5.88 Å². The van der Waals surface area contributed by atoms with Gasteiger partial charge in [0, 0.05) is 31.6 Å². The van der Waals surface area contributed by atoms with Crippen molar-refractivity contribution in [3.05, 3.63) is 64.6 Å². The highest BCUT2D eigenvalue weighted by molar-refractivity contribution is 5.90. The molecule has 0 bridgehead atoms. The van der Waals surface area contributed by atoms with Crippen LogP contribution in [-0.2, 0) is 28.3 Å². The van der Waals surface area contributed by atoms with E-state index < -0.39 is 59.5 Å². The SMILES string of the molecule is CC[C@@H]1C[C@H](Nc2ncc(N3CCC(C(=O)O)CC3)c(Cc3cc(C(F)(F)F)cc(C(F)(F)F)c3)n2)c2nc(OC)ccc2N1C(=O)OC(C)(C)C. The first-order valence-corrected chi connectivity index (χ1v) is 16.7. The molecule has 0 radical (unpaired) electrons. The summed E-state index contributed by atoms with van der Waals surface area (Å²) in [4.78, 5) is 42.1. The Morgan fingerprint density at radius 3 is 2.13 bits per heavy atom. The molecule has 0 saturated carbocycles. The van der Waals surface area contributed by atoms with Gasteiger partial charge in [0.05, 0.1) is 59.2 Å². The molecule has 0 unspecified atom stereocenters. The third-order valence-corrected chi connectivity index (χ3v) is 8.96. The molecule has 0 aliphatic carbocycles. The van der Waals surface area contributed by atoms with Crippen LogP contribution < -0.4 is 19.9 Å². The van der Waals surface area contributed by atoms with E-state index in [1.807, 2.05) is 6.92 Å². The van der Waals surface area contributed by atoms with Crippen LogP contribution in [0.3, 0.4) is 0 Å². The predicted molar refractivity (Wildman–Crippen MR) is 178 cm³/mol. The topological polar surface area (TPSA) is 130 Å². The molecule has 1 saturated heterocycles. The van der Waals surface area contributed by atoms with Gasteiger partial charge in [0.2, 0.25) is 11.8 Å². The number of aromatic nitrogens is 3. The molecule has 2 aliphatic heterocycles. The fourth-order valence-electron chi connectivity index (χ4n) is 6.46. The third-order valence-electron chi connectivity index (χ3n) is 8.96. The Bertz CT molecular complexity index is 1760. The van der Waals surface area contributed by atoms with E-state index in [1.54, 1.807) is 37.8 Å². The number of piperidine rings is 1. The molecule has 2 aromatic heterocycles. The first-order chi connectivity index (χ1) is 24.3. The molecule has 282 valence electrons. The van der Waals surface area contributed by atoms with E-state index in [1.165, 1.54) is 18.2 Å². The number of benzene rings is 1. The smallest absolute Gasteiger partial charge is 0.416 e. The fourth-order valence-corrected chi connectivity index (χ4v) is 6.46. The molecule has 17 heteroatoms. The fraction of sp³-hybridized carbons (Fsp3) is 0.514. The van der Waals surface area contributed by atoms with Crippen molar-refractivity contribution >= 4 is 29.4 Å². The Morgan fingerprint density at radius 1 is 0.962 bits per heavy atom. The molecule has 2 N–H and O–H groups in total. The Balaban J connectivity index is 1.56. The van der Waals surface area contributed by atoms with Crippen LogP contribution >= 0.6 is 0 Å². The summed E-state index contributed by atoms with van der Waals surface area (Å²) in [6, 6.07) is 3.71. The van der Waals surface area contributed by atoms with Crippen molar-refractivity contribution < 1.29 is 50.5 Å². The van der Waals surface area contributed by atoms with Gasteiger partial charge in [-0.3, -0.25) is 9.69 Å². The number of carbonyl (C=O) groups excluding carboxylic acids is 1. The summed E-state index contributed by atoms with van der Waals surface area (Å²) in [6.07, 6.45) is -8.26. The van der Waals surface area contributed by atoms with E-state index in [4.69, 9.17) is 9.47 Å². The number of rotatable bonds is 8. The molecule has 2 atom stereocenters. The highest BCUT2D eigenvalue weighted by Crippen LogP contribution is 2.41. The van der Waals surface area contributed by atoms with E-state index >= 15 is 0 Å². The van der Waals surface area contributed by atoms with Crippen molar-refractivity contribution in [1.82, 2.24) is 15.0 Å². The summed E-state index contributed by atoms with van der Waals surface area (Å²) >= 11 is 0. The average Bonchev–Trinajstić information content (AvgIpc) is 3.06. The number of anilines is 3. The average molecular weight is 739 g/mol. The zero-order valence-corrected chi connectivity index (χ0v) is 29.2. The lowest BCUT2D eigenvalue weighted by Crippen LogP contribution is -2.48. The molecule has 52 heavy (non-hydrogen) atoms. The number of amides is 1. The number of carboxylic acid groups (broad SMARTS) is 1. The lowest BCUT2D eigenvalue weighted by molar-refractivity contribution is -0.144. The standard InChI is InChI=1S/C35H40F6N6O5/c1-6-23-17-25(29-26(7-8-28(45-29)51-5)47(23)32(50)52-33(2,3)4)44-31-42-18-27(46-11-9-20(10-12-46)30(48)49)24(43-31)15-19-13-21(34(36,37)38)16-22(14-19)35(39,40)41/h7-8,13-14,16,18,20,23,25H,6,9-12,15,17H2,1-5H3,(H,48,49)(H,42,43,44)/t23-,25+/m1/s1. The van der Waals surface area contributed by atoms with Crippen molar-refractivity contribution in [2.75, 3.05) is 35.3 Å². The molecule has 11 nitrogen and oxygen atoms in total. The first-order valence-electron chi connectivity index (χ1n) is 16.7.